The van der Waals surface area contributed by atoms with Gasteiger partial charge in [0.05, 0.1) is 41.1 Å². The number of carbonyl (C=O) groups is 6. The lowest BCUT2D eigenvalue weighted by Gasteiger charge is -2.24. The molecular weight excluding hydrogens is 1650 g/mol. The minimum Gasteiger partial charge on any atom is -0.497 e. The number of carbonyl (C=O) groups excluding carboxylic acids is 6. The number of hydrogen-bond donors (Lipinski definition) is 0. The first-order valence-electron chi connectivity index (χ1n) is 47.6. The molecule has 0 bridgehead atoms. The van der Waals surface area contributed by atoms with Crippen LogP contribution in [0.3, 0.4) is 0 Å². The summed E-state index contributed by atoms with van der Waals surface area (Å²) in [5.74, 6) is -0.101. The number of ether oxygens (including phenoxy) is 7. The van der Waals surface area contributed by atoms with E-state index in [4.69, 9.17) is 33.2 Å². The van der Waals surface area contributed by atoms with Crippen LogP contribution in [0.25, 0.3) is 66.4 Å². The Morgan fingerprint density at radius 3 is 0.857 bits per heavy atom. The van der Waals surface area contributed by atoms with Gasteiger partial charge in [0.2, 0.25) is 0 Å². The normalized spacial score (nSPS) is 13.6. The van der Waals surface area contributed by atoms with Crippen molar-refractivity contribution in [2.75, 3.05) is 7.11 Å². The van der Waals surface area contributed by atoms with E-state index in [0.29, 0.717) is 0 Å². The number of benzene rings is 12. The predicted molar refractivity (Wildman–Crippen MR) is 543 cm³/mol. The lowest BCUT2D eigenvalue weighted by atomic mass is 9.90. The molecule has 12 aromatic carbocycles. The molecule has 9 unspecified atom stereocenters. The van der Waals surface area contributed by atoms with Gasteiger partial charge in [-0.1, -0.05) is 328 Å². The zero-order valence-corrected chi connectivity index (χ0v) is 83.1. The summed E-state index contributed by atoms with van der Waals surface area (Å²) in [6, 6.07) is 93.7. The first-order chi connectivity index (χ1) is 63.3. The third-order valence-electron chi connectivity index (χ3n) is 26.2. The molecule has 700 valence electrons. The van der Waals surface area contributed by atoms with E-state index in [1.165, 1.54) is 83.5 Å². The zero-order valence-electron chi connectivity index (χ0n) is 83.1. The highest BCUT2D eigenvalue weighted by molar-refractivity contribution is 5.86. The second-order valence-corrected chi connectivity index (χ2v) is 37.5. The molecular formula is C120H142O13. The molecule has 0 amide bonds. The summed E-state index contributed by atoms with van der Waals surface area (Å²) in [6.45, 7) is 45.0. The van der Waals surface area contributed by atoms with Gasteiger partial charge < -0.3 is 33.2 Å². The highest BCUT2D eigenvalue weighted by Gasteiger charge is 2.33. The minimum atomic E-state index is -0.434. The van der Waals surface area contributed by atoms with E-state index < -0.39 is 16.2 Å². The fourth-order valence-corrected chi connectivity index (χ4v) is 14.6. The van der Waals surface area contributed by atoms with Gasteiger partial charge in [-0.25, -0.2) is 0 Å². The molecule has 133 heavy (non-hydrogen) atoms. The summed E-state index contributed by atoms with van der Waals surface area (Å²) < 4.78 is 38.7. The number of hydrogen-bond acceptors (Lipinski definition) is 13. The summed E-state index contributed by atoms with van der Waals surface area (Å²) in [5, 5.41) is 2.22. The highest BCUT2D eigenvalue weighted by Crippen LogP contribution is 2.42. The first-order valence-corrected chi connectivity index (χ1v) is 47.6. The topological polar surface area (TPSA) is 167 Å². The van der Waals surface area contributed by atoms with Crippen LogP contribution in [0.1, 0.15) is 287 Å². The minimum absolute atomic E-state index is 0.0406. The van der Waals surface area contributed by atoms with Crippen LogP contribution in [0.5, 0.6) is 5.75 Å². The van der Waals surface area contributed by atoms with E-state index >= 15 is 0 Å². The quantitative estimate of drug-likeness (QED) is 0.0336. The van der Waals surface area contributed by atoms with Crippen molar-refractivity contribution >= 4 is 46.6 Å². The van der Waals surface area contributed by atoms with Crippen LogP contribution >= 0.6 is 0 Å². The molecule has 0 spiro atoms. The molecule has 0 N–H and O–H groups in total. The average molecular weight is 1790 g/mol. The Kier molecular flexibility index (Phi) is 38.2. The number of methoxy groups -OCH3 is 1. The van der Waals surface area contributed by atoms with Crippen LogP contribution in [0.2, 0.25) is 0 Å². The fraction of sp³-hybridized carbons (Fsp3) is 0.367. The predicted octanol–water partition coefficient (Wildman–Crippen LogP) is 31.1. The van der Waals surface area contributed by atoms with Crippen LogP contribution in [-0.2, 0) is 70.0 Å². The molecule has 2 aliphatic carbocycles. The lowest BCUT2D eigenvalue weighted by molar-refractivity contribution is -0.160. The molecule has 14 rings (SSSR count). The Hall–Kier alpha value is -12.5. The number of aryl methyl sites for hydroxylation is 2. The Morgan fingerprint density at radius 2 is 0.526 bits per heavy atom. The van der Waals surface area contributed by atoms with E-state index in [-0.39, 0.29) is 90.2 Å². The lowest BCUT2D eigenvalue weighted by Crippen LogP contribution is -2.26. The largest absolute Gasteiger partial charge is 0.497 e. The van der Waals surface area contributed by atoms with Gasteiger partial charge in [-0.15, -0.1) is 0 Å². The van der Waals surface area contributed by atoms with Gasteiger partial charge in [0.1, 0.15) is 42.4 Å². The smallest absolute Gasteiger partial charge is 0.312 e. The summed E-state index contributed by atoms with van der Waals surface area (Å²) in [6.07, 6.45) is 5.31. The zero-order chi connectivity index (χ0) is 97.0. The van der Waals surface area contributed by atoms with E-state index in [0.717, 1.165) is 107 Å². The first kappa shape index (κ1) is 104. The van der Waals surface area contributed by atoms with Crippen molar-refractivity contribution in [3.63, 3.8) is 0 Å². The van der Waals surface area contributed by atoms with E-state index in [1.54, 1.807) is 7.11 Å². The van der Waals surface area contributed by atoms with E-state index in [1.807, 2.05) is 230 Å². The molecule has 0 saturated heterocycles. The number of rotatable bonds is 28. The summed E-state index contributed by atoms with van der Waals surface area (Å²) in [4.78, 5) is 72.3. The number of fused-ring (bicyclic) bond motifs is 7. The van der Waals surface area contributed by atoms with Gasteiger partial charge in [-0.05, 0) is 289 Å². The maximum Gasteiger partial charge on any atom is 0.312 e. The monoisotopic (exact) mass is 1790 g/mol. The van der Waals surface area contributed by atoms with Gasteiger partial charge in [0.25, 0.3) is 0 Å². The molecule has 0 radical (unpaired) electrons. The van der Waals surface area contributed by atoms with Crippen LogP contribution in [0.15, 0.2) is 273 Å². The van der Waals surface area contributed by atoms with Crippen molar-refractivity contribution in [3.8, 4) is 61.4 Å². The van der Waals surface area contributed by atoms with Crippen molar-refractivity contribution < 1.29 is 61.9 Å². The summed E-state index contributed by atoms with van der Waals surface area (Å²) in [5.41, 5.74) is 25.1. The third-order valence-corrected chi connectivity index (χ3v) is 26.2. The molecule has 2 aliphatic rings. The van der Waals surface area contributed by atoms with Gasteiger partial charge in [0.15, 0.2) is 0 Å². The fourth-order valence-electron chi connectivity index (χ4n) is 14.6. The van der Waals surface area contributed by atoms with Crippen molar-refractivity contribution in [2.45, 2.75) is 247 Å². The maximum atomic E-state index is 12.3. The number of esters is 6. The Balaban J connectivity index is 0.000000179. The average Bonchev–Trinajstić information content (AvgIpc) is 1.65. The highest BCUT2D eigenvalue weighted by atomic mass is 16.6. The Morgan fingerprint density at radius 1 is 0.271 bits per heavy atom. The second-order valence-electron chi connectivity index (χ2n) is 37.5. The summed E-state index contributed by atoms with van der Waals surface area (Å²) >= 11 is 0. The molecule has 12 aromatic rings. The van der Waals surface area contributed by atoms with Gasteiger partial charge in [-0.2, -0.15) is 0 Å². The standard InChI is InChI=1S/C21H24O2.C21H26O2.C20H22O2.2C20H24O2.C18H22O3/c1-5-21(3,4)20(22)23-14(2)15-10-11-19-17(12-15)13-16-8-6-7-9-18(16)19;1-6-21(4,5)20(22)23-16(3)17-11-13-19(14-12-17)18-9-7-15(2)8-10-18;1-4-13(2)20(21)22-14(3)15-9-10-19-17(11-15)12-16-7-5-6-8-18(16)19;1-5-15(3)20(21)22-16(4)17-10-12-19(13-11-17)18-8-6-14(2)7-9-18;1-5-20(3,4)19(21)22-15(2)16-11-13-18(14-12-16)17-9-7-6-8-10-17;1-5-12(2)18(19)21-13(3)14-6-7-16-11-17(20-4)9-8-15(16)10-14/h6-12,14H,5,13H2,1-4H3;7-14,16H,6H2,1-5H3;5-11,13-14H,4,12H2,1-3H3;6-13,15-16H,5H2,1-4H3;6-15H,5H2,1-4H3;6-13H,5H2,1-4H3. The van der Waals surface area contributed by atoms with Crippen LogP contribution in [0, 0.1) is 47.8 Å². The van der Waals surface area contributed by atoms with Gasteiger partial charge in [0, 0.05) is 0 Å². The second kappa shape index (κ2) is 48.8. The van der Waals surface area contributed by atoms with Crippen molar-refractivity contribution in [1.82, 2.24) is 0 Å². The third kappa shape index (κ3) is 29.0. The Labute approximate surface area is 793 Å². The van der Waals surface area contributed by atoms with E-state index in [2.05, 4.69) is 202 Å². The van der Waals surface area contributed by atoms with Crippen molar-refractivity contribution in [2.24, 2.45) is 34.0 Å². The van der Waals surface area contributed by atoms with E-state index in [9.17, 15) is 28.8 Å². The molecule has 13 nitrogen and oxygen atoms in total. The molecule has 9 atom stereocenters. The van der Waals surface area contributed by atoms with Crippen LogP contribution in [0.4, 0.5) is 0 Å². The molecule has 0 heterocycles. The molecule has 0 saturated carbocycles. The Bertz CT molecular complexity index is 5800. The summed E-state index contributed by atoms with van der Waals surface area (Å²) in [7, 11) is 1.66. The maximum absolute atomic E-state index is 12.3. The van der Waals surface area contributed by atoms with Gasteiger partial charge in [-0.3, -0.25) is 28.8 Å². The van der Waals surface area contributed by atoms with Crippen molar-refractivity contribution in [1.29, 1.82) is 0 Å². The van der Waals surface area contributed by atoms with Gasteiger partial charge >= 0.3 is 35.8 Å². The van der Waals surface area contributed by atoms with Crippen molar-refractivity contribution in [3.05, 3.63) is 340 Å². The molecule has 0 aromatic heterocycles. The SMILES string of the molecule is CCC(C)(C)C(=O)OC(C)c1ccc(-c2ccc(C)cc2)cc1.CCC(C)(C)C(=O)OC(C)c1ccc(-c2ccccc2)cc1.CCC(C)(C)C(=O)OC(C)c1ccc2c(c1)Cc1ccccc1-2.CCC(C)C(=O)OC(C)c1ccc(-c2ccc(C)cc2)cc1.CCC(C)C(=O)OC(C)c1ccc2c(c1)Cc1ccccc1-2.CCC(C)C(=O)OC(C)c1ccc2cc(OC)ccc2c1. The molecule has 13 heteroatoms. The van der Waals surface area contributed by atoms with Crippen LogP contribution in [-0.4, -0.2) is 42.9 Å². The molecule has 0 aliphatic heterocycles. The molecule has 0 fully saturated rings. The van der Waals surface area contributed by atoms with Crippen LogP contribution < -0.4 is 4.74 Å².